The summed E-state index contributed by atoms with van der Waals surface area (Å²) in [7, 11) is 2.03. The molecule has 1 N–H and O–H groups in total. The Morgan fingerprint density at radius 2 is 1.79 bits per heavy atom. The van der Waals surface area contributed by atoms with Gasteiger partial charge in [-0.1, -0.05) is 60.2 Å². The van der Waals surface area contributed by atoms with Crippen LogP contribution in [0.2, 0.25) is 0 Å². The molecule has 0 heterocycles. The number of hydrogen-bond donors (Lipinski definition) is 1. The minimum atomic E-state index is -0.436. The number of aryl methyl sites for hydroxylation is 1. The molecule has 0 aromatic heterocycles. The Balaban J connectivity index is 1.93. The number of likely N-dealkylation sites (N-methyl/N-ethyl adjacent to an activating group) is 1. The van der Waals surface area contributed by atoms with Gasteiger partial charge in [-0.2, -0.15) is 0 Å². The van der Waals surface area contributed by atoms with Crippen LogP contribution in [0.5, 0.6) is 0 Å². The van der Waals surface area contributed by atoms with Crippen molar-refractivity contribution in [1.82, 2.24) is 4.90 Å². The summed E-state index contributed by atoms with van der Waals surface area (Å²) in [6.07, 6.45) is -0.436. The van der Waals surface area contributed by atoms with Gasteiger partial charge in [-0.3, -0.25) is 4.90 Å². The monoisotopic (exact) mass is 255 g/mol. The SMILES string of the molecule is Cc1cccc([C@@H](O)CN(C)Cc2ccccc2)c1. The van der Waals surface area contributed by atoms with E-state index in [1.807, 2.05) is 56.4 Å². The zero-order chi connectivity index (χ0) is 13.7. The lowest BCUT2D eigenvalue weighted by molar-refractivity contribution is 0.124. The number of aliphatic hydroxyl groups is 1. The average molecular weight is 255 g/mol. The molecule has 0 amide bonds. The first-order valence-electron chi connectivity index (χ1n) is 6.62. The van der Waals surface area contributed by atoms with Gasteiger partial charge in [0.1, 0.15) is 0 Å². The Hall–Kier alpha value is -1.64. The van der Waals surface area contributed by atoms with Crippen LogP contribution in [0.1, 0.15) is 22.8 Å². The maximum atomic E-state index is 10.3. The van der Waals surface area contributed by atoms with Gasteiger partial charge in [0, 0.05) is 13.1 Å². The minimum absolute atomic E-state index is 0.436. The Morgan fingerprint density at radius 1 is 1.05 bits per heavy atom. The molecular weight excluding hydrogens is 234 g/mol. The van der Waals surface area contributed by atoms with Crippen molar-refractivity contribution in [2.24, 2.45) is 0 Å². The van der Waals surface area contributed by atoms with Crippen molar-refractivity contribution in [2.75, 3.05) is 13.6 Å². The van der Waals surface area contributed by atoms with E-state index in [4.69, 9.17) is 0 Å². The highest BCUT2D eigenvalue weighted by molar-refractivity contribution is 5.24. The molecule has 0 fully saturated rings. The molecule has 2 aromatic carbocycles. The summed E-state index contributed by atoms with van der Waals surface area (Å²) < 4.78 is 0. The number of nitrogens with zero attached hydrogens (tertiary/aromatic N) is 1. The summed E-state index contributed by atoms with van der Waals surface area (Å²) in [6, 6.07) is 18.4. The fraction of sp³-hybridized carbons (Fsp3) is 0.294. The van der Waals surface area contributed by atoms with Crippen LogP contribution in [0, 0.1) is 6.92 Å². The highest BCUT2D eigenvalue weighted by Gasteiger charge is 2.10. The number of rotatable bonds is 5. The predicted octanol–water partition coefficient (Wildman–Crippen LogP) is 3.16. The molecule has 2 heteroatoms. The Labute approximate surface area is 115 Å². The van der Waals surface area contributed by atoms with Crippen molar-refractivity contribution in [3.8, 4) is 0 Å². The summed E-state index contributed by atoms with van der Waals surface area (Å²) in [6.45, 7) is 3.53. The van der Waals surface area contributed by atoms with Gasteiger partial charge in [-0.05, 0) is 25.1 Å². The van der Waals surface area contributed by atoms with Crippen LogP contribution in [0.3, 0.4) is 0 Å². The molecule has 0 aliphatic rings. The summed E-state index contributed by atoms with van der Waals surface area (Å²) in [4.78, 5) is 2.14. The molecule has 0 aliphatic carbocycles. The highest BCUT2D eigenvalue weighted by atomic mass is 16.3. The average Bonchev–Trinajstić information content (AvgIpc) is 2.39. The quantitative estimate of drug-likeness (QED) is 0.887. The normalized spacial score (nSPS) is 12.6. The second kappa shape index (κ2) is 6.50. The molecule has 0 saturated carbocycles. The molecular formula is C17H21NO. The van der Waals surface area contributed by atoms with Crippen molar-refractivity contribution >= 4 is 0 Å². The summed E-state index contributed by atoms with van der Waals surface area (Å²) in [5.41, 5.74) is 3.43. The molecule has 0 aliphatic heterocycles. The van der Waals surface area contributed by atoms with Crippen molar-refractivity contribution in [3.05, 3.63) is 71.3 Å². The van der Waals surface area contributed by atoms with E-state index >= 15 is 0 Å². The number of aliphatic hydroxyl groups excluding tert-OH is 1. The first-order chi connectivity index (χ1) is 9.15. The van der Waals surface area contributed by atoms with Crippen LogP contribution in [0.15, 0.2) is 54.6 Å². The molecule has 19 heavy (non-hydrogen) atoms. The van der Waals surface area contributed by atoms with Gasteiger partial charge in [-0.15, -0.1) is 0 Å². The van der Waals surface area contributed by atoms with Crippen molar-refractivity contribution in [3.63, 3.8) is 0 Å². The van der Waals surface area contributed by atoms with Crippen LogP contribution in [-0.2, 0) is 6.54 Å². The lowest BCUT2D eigenvalue weighted by atomic mass is 10.1. The Bertz CT molecular complexity index is 510. The number of hydrogen-bond acceptors (Lipinski definition) is 2. The van der Waals surface area contributed by atoms with E-state index in [2.05, 4.69) is 17.0 Å². The van der Waals surface area contributed by atoms with Gasteiger partial charge >= 0.3 is 0 Å². The minimum Gasteiger partial charge on any atom is -0.387 e. The van der Waals surface area contributed by atoms with E-state index in [-0.39, 0.29) is 0 Å². The van der Waals surface area contributed by atoms with Gasteiger partial charge in [-0.25, -0.2) is 0 Å². The zero-order valence-corrected chi connectivity index (χ0v) is 11.6. The van der Waals surface area contributed by atoms with Crippen molar-refractivity contribution in [2.45, 2.75) is 19.6 Å². The second-order valence-electron chi connectivity index (χ2n) is 5.11. The van der Waals surface area contributed by atoms with Crippen LogP contribution < -0.4 is 0 Å². The molecule has 2 aromatic rings. The molecule has 0 bridgehead atoms. The van der Waals surface area contributed by atoms with Gasteiger partial charge in [0.05, 0.1) is 6.10 Å². The molecule has 2 nitrogen and oxygen atoms in total. The molecule has 0 radical (unpaired) electrons. The first-order valence-corrected chi connectivity index (χ1v) is 6.62. The van der Waals surface area contributed by atoms with Crippen LogP contribution in [0.4, 0.5) is 0 Å². The van der Waals surface area contributed by atoms with E-state index in [1.165, 1.54) is 11.1 Å². The fourth-order valence-electron chi connectivity index (χ4n) is 2.24. The van der Waals surface area contributed by atoms with Gasteiger partial charge in [0.25, 0.3) is 0 Å². The summed E-state index contributed by atoms with van der Waals surface area (Å²) >= 11 is 0. The lowest BCUT2D eigenvalue weighted by Gasteiger charge is -2.21. The van der Waals surface area contributed by atoms with Crippen LogP contribution in [-0.4, -0.2) is 23.6 Å². The van der Waals surface area contributed by atoms with Gasteiger partial charge in [0.15, 0.2) is 0 Å². The zero-order valence-electron chi connectivity index (χ0n) is 11.6. The summed E-state index contributed by atoms with van der Waals surface area (Å²) in [5, 5.41) is 10.3. The Morgan fingerprint density at radius 3 is 2.47 bits per heavy atom. The molecule has 100 valence electrons. The first kappa shape index (κ1) is 13.8. The van der Waals surface area contributed by atoms with Gasteiger partial charge < -0.3 is 5.11 Å². The summed E-state index contributed by atoms with van der Waals surface area (Å²) in [5.74, 6) is 0. The third-order valence-electron chi connectivity index (χ3n) is 3.21. The standard InChI is InChI=1S/C17H21NO/c1-14-7-6-10-16(11-14)17(19)13-18(2)12-15-8-4-3-5-9-15/h3-11,17,19H,12-13H2,1-2H3/t17-/m0/s1. The van der Waals surface area contributed by atoms with Crippen LogP contribution >= 0.6 is 0 Å². The topological polar surface area (TPSA) is 23.5 Å². The molecule has 0 unspecified atom stereocenters. The van der Waals surface area contributed by atoms with E-state index in [9.17, 15) is 5.11 Å². The second-order valence-corrected chi connectivity index (χ2v) is 5.11. The predicted molar refractivity (Wildman–Crippen MR) is 78.9 cm³/mol. The fourth-order valence-corrected chi connectivity index (χ4v) is 2.24. The van der Waals surface area contributed by atoms with E-state index in [0.717, 1.165) is 12.1 Å². The third kappa shape index (κ3) is 4.19. The van der Waals surface area contributed by atoms with E-state index < -0.39 is 6.10 Å². The largest absolute Gasteiger partial charge is 0.387 e. The molecule has 0 spiro atoms. The maximum absolute atomic E-state index is 10.3. The van der Waals surface area contributed by atoms with E-state index in [0.29, 0.717) is 6.54 Å². The molecule has 2 rings (SSSR count). The van der Waals surface area contributed by atoms with Crippen molar-refractivity contribution < 1.29 is 5.11 Å². The lowest BCUT2D eigenvalue weighted by Crippen LogP contribution is -2.24. The Kier molecular flexibility index (Phi) is 4.72. The van der Waals surface area contributed by atoms with Crippen LogP contribution in [0.25, 0.3) is 0 Å². The molecule has 1 atom stereocenters. The highest BCUT2D eigenvalue weighted by Crippen LogP contribution is 2.16. The van der Waals surface area contributed by atoms with Gasteiger partial charge in [0.2, 0.25) is 0 Å². The van der Waals surface area contributed by atoms with E-state index in [1.54, 1.807) is 0 Å². The molecule has 0 saturated heterocycles. The van der Waals surface area contributed by atoms with Crippen molar-refractivity contribution in [1.29, 1.82) is 0 Å². The maximum Gasteiger partial charge on any atom is 0.0917 e. The smallest absolute Gasteiger partial charge is 0.0917 e. The third-order valence-corrected chi connectivity index (χ3v) is 3.21. The number of benzene rings is 2.